The predicted octanol–water partition coefficient (Wildman–Crippen LogP) is 7.61. The van der Waals surface area contributed by atoms with Crippen LogP contribution in [0.5, 0.6) is 5.75 Å². The van der Waals surface area contributed by atoms with Gasteiger partial charge in [0.2, 0.25) is 0 Å². The highest BCUT2D eigenvalue weighted by Gasteiger charge is 2.35. The van der Waals surface area contributed by atoms with E-state index >= 15 is 0 Å². The Labute approximate surface area is 282 Å². The summed E-state index contributed by atoms with van der Waals surface area (Å²) in [5.41, 5.74) is 2.45. The van der Waals surface area contributed by atoms with Gasteiger partial charge in [-0.3, -0.25) is 9.59 Å². The molecule has 3 aliphatic rings. The van der Waals surface area contributed by atoms with Gasteiger partial charge < -0.3 is 24.4 Å². The van der Waals surface area contributed by atoms with Crippen LogP contribution >= 0.6 is 38.6 Å². The van der Waals surface area contributed by atoms with Crippen molar-refractivity contribution in [3.8, 4) is 17.0 Å². The number of benzene rings is 1. The van der Waals surface area contributed by atoms with Crippen LogP contribution in [0.3, 0.4) is 0 Å². The summed E-state index contributed by atoms with van der Waals surface area (Å²) >= 11 is 6.49. The number of ether oxygens (including phenoxy) is 2. The maximum absolute atomic E-state index is 11.2. The summed E-state index contributed by atoms with van der Waals surface area (Å²) in [5, 5.41) is 15.1. The Bertz CT molecular complexity index is 1420. The molecule has 6 rings (SSSR count). The molecule has 0 unspecified atom stereocenters. The Hall–Kier alpha value is -2.70. The first-order chi connectivity index (χ1) is 21.5. The number of nitrogens with zero attached hydrogens (tertiary/aromatic N) is 4. The summed E-state index contributed by atoms with van der Waals surface area (Å²) in [6.07, 6.45) is 6.47. The number of rotatable bonds is 7. The van der Waals surface area contributed by atoms with Crippen LogP contribution in [-0.4, -0.2) is 66.4 Å². The van der Waals surface area contributed by atoms with E-state index in [1.807, 2.05) is 5.38 Å². The molecule has 0 bridgehead atoms. The molecular weight excluding hydrogens is 676 g/mol. The molecule has 12 heteroatoms. The Kier molecular flexibility index (Phi) is 11.1. The fourth-order valence-electron chi connectivity index (χ4n) is 6.14. The standard InChI is InChI=1S/C25H34N2O3S.C8H9BrN2O2S/c1-25(2,3)19-6-10-21(11-7-19)30-20-8-4-17(5-9-20)22-16-31-24(26-22)27-14-12-18(13-15-27)23(28)29;1-13-7(12)5-2-11(3-5)8-10-6(9)4-14-8/h4-5,8-9,16,18-19,21H,6-7,10-15H2,1-3H3,(H,28,29);4-5H,2-3H2,1H3. The minimum atomic E-state index is -0.677. The second-order valence-corrected chi connectivity index (χ2v) is 15.7. The monoisotopic (exact) mass is 718 g/mol. The fraction of sp³-hybridized carbons (Fsp3) is 0.576. The quantitative estimate of drug-likeness (QED) is 0.247. The van der Waals surface area contributed by atoms with Crippen molar-refractivity contribution in [2.24, 2.45) is 23.2 Å². The largest absolute Gasteiger partial charge is 0.490 e. The summed E-state index contributed by atoms with van der Waals surface area (Å²) in [4.78, 5) is 35.6. The topological polar surface area (TPSA) is 105 Å². The van der Waals surface area contributed by atoms with E-state index in [1.54, 1.807) is 22.7 Å². The van der Waals surface area contributed by atoms with Gasteiger partial charge in [-0.05, 0) is 90.1 Å². The summed E-state index contributed by atoms with van der Waals surface area (Å²) in [5.74, 6) is 0.730. The van der Waals surface area contributed by atoms with Gasteiger partial charge in [0.05, 0.1) is 30.7 Å². The van der Waals surface area contributed by atoms with Crippen molar-refractivity contribution in [3.05, 3.63) is 39.6 Å². The molecule has 1 N–H and O–H groups in total. The average Bonchev–Trinajstić information content (AvgIpc) is 3.67. The summed E-state index contributed by atoms with van der Waals surface area (Å²) < 4.78 is 11.8. The van der Waals surface area contributed by atoms with Crippen LogP contribution in [-0.2, 0) is 14.3 Å². The molecular formula is C33H43BrN4O5S2. The number of anilines is 2. The van der Waals surface area contributed by atoms with Gasteiger partial charge in [0.1, 0.15) is 10.4 Å². The smallest absolute Gasteiger partial charge is 0.312 e. The molecule has 1 aromatic carbocycles. The van der Waals surface area contributed by atoms with Gasteiger partial charge in [-0.2, -0.15) is 0 Å². The van der Waals surface area contributed by atoms with Crippen molar-refractivity contribution in [3.63, 3.8) is 0 Å². The minimum Gasteiger partial charge on any atom is -0.490 e. The number of carbonyl (C=O) groups is 2. The van der Waals surface area contributed by atoms with E-state index in [-0.39, 0.29) is 17.8 Å². The molecule has 3 aromatic rings. The number of thiazole rings is 2. The highest BCUT2D eigenvalue weighted by molar-refractivity contribution is 9.10. The van der Waals surface area contributed by atoms with Gasteiger partial charge in [0, 0.05) is 42.5 Å². The SMILES string of the molecule is CC(C)(C)C1CCC(Oc2ccc(-c3csc(N4CCC(C(=O)O)CC4)n3)cc2)CC1.COC(=O)C1CN(c2nc(Br)cs2)C1. The number of methoxy groups -OCH3 is 1. The van der Waals surface area contributed by atoms with Crippen molar-refractivity contribution in [2.75, 3.05) is 43.1 Å². The molecule has 2 saturated heterocycles. The molecule has 3 fully saturated rings. The number of aliphatic carboxylic acids is 1. The second-order valence-electron chi connectivity index (χ2n) is 13.2. The Morgan fingerprint density at radius 2 is 1.51 bits per heavy atom. The molecule has 4 heterocycles. The van der Waals surface area contributed by atoms with Crippen molar-refractivity contribution >= 4 is 60.8 Å². The van der Waals surface area contributed by atoms with Crippen LogP contribution in [0.15, 0.2) is 39.6 Å². The van der Waals surface area contributed by atoms with E-state index in [1.165, 1.54) is 20.0 Å². The first-order valence-corrected chi connectivity index (χ1v) is 18.2. The van der Waals surface area contributed by atoms with Crippen molar-refractivity contribution in [1.29, 1.82) is 0 Å². The van der Waals surface area contributed by atoms with Crippen LogP contribution in [0.4, 0.5) is 10.3 Å². The minimum absolute atomic E-state index is 0.0164. The van der Waals surface area contributed by atoms with E-state index in [2.05, 4.69) is 85.9 Å². The van der Waals surface area contributed by atoms with Crippen LogP contribution in [0.1, 0.15) is 59.3 Å². The molecule has 0 radical (unpaired) electrons. The molecule has 1 aliphatic carbocycles. The number of hydrogen-bond acceptors (Lipinski definition) is 10. The molecule has 0 atom stereocenters. The van der Waals surface area contributed by atoms with Gasteiger partial charge in [-0.25, -0.2) is 9.97 Å². The van der Waals surface area contributed by atoms with E-state index in [0.717, 1.165) is 63.7 Å². The molecule has 2 aromatic heterocycles. The third-order valence-electron chi connectivity index (χ3n) is 9.11. The second kappa shape index (κ2) is 14.8. The first-order valence-electron chi connectivity index (χ1n) is 15.6. The molecule has 1 saturated carbocycles. The summed E-state index contributed by atoms with van der Waals surface area (Å²) in [6, 6.07) is 8.29. The van der Waals surface area contributed by atoms with E-state index in [0.29, 0.717) is 37.5 Å². The van der Waals surface area contributed by atoms with Gasteiger partial charge >= 0.3 is 11.9 Å². The van der Waals surface area contributed by atoms with E-state index in [9.17, 15) is 14.7 Å². The molecule has 2 aliphatic heterocycles. The Balaban J connectivity index is 0.000000238. The molecule has 0 amide bonds. The normalized spacial score (nSPS) is 21.0. The fourth-order valence-corrected chi connectivity index (χ4v) is 8.30. The number of hydrogen-bond donors (Lipinski definition) is 1. The lowest BCUT2D eigenvalue weighted by Gasteiger charge is -2.36. The predicted molar refractivity (Wildman–Crippen MR) is 183 cm³/mol. The van der Waals surface area contributed by atoms with Crippen LogP contribution < -0.4 is 14.5 Å². The van der Waals surface area contributed by atoms with Crippen molar-refractivity contribution < 1.29 is 24.2 Å². The lowest BCUT2D eigenvalue weighted by molar-refractivity contribution is -0.146. The highest BCUT2D eigenvalue weighted by Crippen LogP contribution is 2.39. The lowest BCUT2D eigenvalue weighted by Crippen LogP contribution is -2.50. The van der Waals surface area contributed by atoms with E-state index < -0.39 is 5.97 Å². The van der Waals surface area contributed by atoms with Crippen LogP contribution in [0.25, 0.3) is 11.3 Å². The molecule has 244 valence electrons. The third kappa shape index (κ3) is 8.77. The Morgan fingerprint density at radius 3 is 2.07 bits per heavy atom. The number of carboxylic acids is 1. The van der Waals surface area contributed by atoms with E-state index in [4.69, 9.17) is 9.72 Å². The van der Waals surface area contributed by atoms with Crippen LogP contribution in [0.2, 0.25) is 0 Å². The maximum Gasteiger partial charge on any atom is 0.312 e. The summed E-state index contributed by atoms with van der Waals surface area (Å²) in [7, 11) is 1.42. The zero-order valence-electron chi connectivity index (χ0n) is 26.4. The first kappa shape index (κ1) is 33.7. The number of carboxylic acid groups (broad SMARTS) is 1. The van der Waals surface area contributed by atoms with Gasteiger partial charge in [-0.15, -0.1) is 22.7 Å². The van der Waals surface area contributed by atoms with Gasteiger partial charge in [0.15, 0.2) is 10.3 Å². The lowest BCUT2D eigenvalue weighted by atomic mass is 9.72. The molecule has 0 spiro atoms. The number of halogens is 1. The number of piperidine rings is 1. The Morgan fingerprint density at radius 1 is 0.889 bits per heavy atom. The van der Waals surface area contributed by atoms with Crippen LogP contribution in [0, 0.1) is 23.2 Å². The third-order valence-corrected chi connectivity index (χ3v) is 11.6. The highest BCUT2D eigenvalue weighted by atomic mass is 79.9. The van der Waals surface area contributed by atoms with Crippen molar-refractivity contribution in [1.82, 2.24) is 9.97 Å². The van der Waals surface area contributed by atoms with Gasteiger partial charge in [-0.1, -0.05) is 20.8 Å². The number of aromatic nitrogens is 2. The summed E-state index contributed by atoms with van der Waals surface area (Å²) in [6.45, 7) is 9.99. The van der Waals surface area contributed by atoms with Crippen molar-refractivity contribution in [2.45, 2.75) is 65.4 Å². The molecule has 9 nitrogen and oxygen atoms in total. The zero-order valence-corrected chi connectivity index (χ0v) is 29.6. The number of carbonyl (C=O) groups excluding carboxylic acids is 1. The zero-order chi connectivity index (χ0) is 32.1. The maximum atomic E-state index is 11.2. The average molecular weight is 720 g/mol. The van der Waals surface area contributed by atoms with Gasteiger partial charge in [0.25, 0.3) is 0 Å². The molecule has 45 heavy (non-hydrogen) atoms. The number of esters is 1.